The van der Waals surface area contributed by atoms with Crippen molar-refractivity contribution < 1.29 is 5.11 Å². The zero-order valence-electron chi connectivity index (χ0n) is 12.7. The lowest BCUT2D eigenvalue weighted by Crippen LogP contribution is -2.37. The molecule has 102 valence electrons. The van der Waals surface area contributed by atoms with Crippen LogP contribution in [0.25, 0.3) is 0 Å². The van der Waals surface area contributed by atoms with Gasteiger partial charge in [-0.25, -0.2) is 0 Å². The van der Waals surface area contributed by atoms with E-state index >= 15 is 0 Å². The Morgan fingerprint density at radius 2 is 1.72 bits per heavy atom. The minimum absolute atomic E-state index is 0.618. The molecule has 0 aliphatic carbocycles. The minimum Gasteiger partial charge on any atom is -0.389 e. The Morgan fingerprint density at radius 1 is 1.11 bits per heavy atom. The van der Waals surface area contributed by atoms with Crippen molar-refractivity contribution in [1.82, 2.24) is 4.90 Å². The van der Waals surface area contributed by atoms with Crippen molar-refractivity contribution >= 4 is 0 Å². The van der Waals surface area contributed by atoms with Gasteiger partial charge in [0.2, 0.25) is 0 Å². The predicted molar refractivity (Wildman–Crippen MR) is 78.2 cm³/mol. The Hall–Kier alpha value is -0.860. The second-order valence-corrected chi connectivity index (χ2v) is 6.09. The van der Waals surface area contributed by atoms with Crippen molar-refractivity contribution in [3.05, 3.63) is 34.4 Å². The highest BCUT2D eigenvalue weighted by atomic mass is 16.3. The number of benzene rings is 1. The lowest BCUT2D eigenvalue weighted by molar-refractivity contribution is 0.0450. The van der Waals surface area contributed by atoms with Gasteiger partial charge in [-0.05, 0) is 70.3 Å². The molecule has 0 aromatic heterocycles. The molecule has 0 fully saturated rings. The van der Waals surface area contributed by atoms with Crippen LogP contribution in [0.5, 0.6) is 0 Å². The summed E-state index contributed by atoms with van der Waals surface area (Å²) in [6.07, 6.45) is 1.04. The van der Waals surface area contributed by atoms with E-state index in [9.17, 15) is 5.11 Å². The Kier molecular flexibility index (Phi) is 4.94. The molecule has 1 N–H and O–H groups in total. The monoisotopic (exact) mass is 249 g/mol. The summed E-state index contributed by atoms with van der Waals surface area (Å²) in [4.78, 5) is 2.19. The fraction of sp³-hybridized carbons (Fsp3) is 0.625. The molecule has 1 aromatic rings. The van der Waals surface area contributed by atoms with Crippen LogP contribution in [0.2, 0.25) is 0 Å². The summed E-state index contributed by atoms with van der Waals surface area (Å²) in [6.45, 7) is 11.9. The summed E-state index contributed by atoms with van der Waals surface area (Å²) in [7, 11) is 2.06. The van der Waals surface area contributed by atoms with Crippen LogP contribution in [0, 0.1) is 20.8 Å². The van der Waals surface area contributed by atoms with E-state index in [1.54, 1.807) is 0 Å². The van der Waals surface area contributed by atoms with Crippen LogP contribution < -0.4 is 0 Å². The highest BCUT2D eigenvalue weighted by Crippen LogP contribution is 2.17. The Labute approximate surface area is 112 Å². The number of hydrogen-bond donors (Lipinski definition) is 1. The molecule has 0 saturated heterocycles. The van der Waals surface area contributed by atoms with Crippen LogP contribution in [0.15, 0.2) is 12.1 Å². The van der Waals surface area contributed by atoms with Gasteiger partial charge in [0.1, 0.15) is 0 Å². The number of nitrogens with zero attached hydrogens (tertiary/aromatic N) is 1. The summed E-state index contributed by atoms with van der Waals surface area (Å²) < 4.78 is 0. The molecule has 0 bridgehead atoms. The van der Waals surface area contributed by atoms with Crippen molar-refractivity contribution in [2.45, 2.75) is 46.6 Å². The summed E-state index contributed by atoms with van der Waals surface area (Å²) in [5.41, 5.74) is 4.97. The third-order valence-electron chi connectivity index (χ3n) is 3.59. The fourth-order valence-electron chi connectivity index (χ4n) is 2.33. The van der Waals surface area contributed by atoms with Crippen LogP contribution in [0.3, 0.4) is 0 Å². The van der Waals surface area contributed by atoms with Gasteiger partial charge in [-0.1, -0.05) is 12.1 Å². The number of hydrogen-bond acceptors (Lipinski definition) is 2. The first-order chi connectivity index (χ1) is 8.20. The Balaban J connectivity index is 2.62. The van der Waals surface area contributed by atoms with E-state index < -0.39 is 5.60 Å². The van der Waals surface area contributed by atoms with Gasteiger partial charge in [0.25, 0.3) is 0 Å². The zero-order chi connectivity index (χ0) is 13.9. The standard InChI is InChI=1S/C16H27NO/c1-12-7-8-15(14(3)13(12)2)9-10-17(6)11-16(4,5)18/h7-8,18H,9-11H2,1-6H3. The van der Waals surface area contributed by atoms with Gasteiger partial charge >= 0.3 is 0 Å². The first-order valence-corrected chi connectivity index (χ1v) is 6.67. The molecule has 2 heteroatoms. The number of likely N-dealkylation sites (N-methyl/N-ethyl adjacent to an activating group) is 1. The molecule has 0 spiro atoms. The first-order valence-electron chi connectivity index (χ1n) is 6.67. The van der Waals surface area contributed by atoms with Gasteiger partial charge in [-0.15, -0.1) is 0 Å². The van der Waals surface area contributed by atoms with E-state index in [2.05, 4.69) is 44.9 Å². The molecule has 2 nitrogen and oxygen atoms in total. The molecule has 0 amide bonds. The molecular weight excluding hydrogens is 222 g/mol. The predicted octanol–water partition coefficient (Wildman–Crippen LogP) is 2.86. The quantitative estimate of drug-likeness (QED) is 0.867. The van der Waals surface area contributed by atoms with E-state index in [-0.39, 0.29) is 0 Å². The van der Waals surface area contributed by atoms with Gasteiger partial charge in [0.15, 0.2) is 0 Å². The summed E-state index contributed by atoms with van der Waals surface area (Å²) in [6, 6.07) is 4.43. The first kappa shape index (κ1) is 15.2. The number of rotatable bonds is 5. The van der Waals surface area contributed by atoms with Gasteiger partial charge in [-0.2, -0.15) is 0 Å². The third kappa shape index (κ3) is 4.43. The SMILES string of the molecule is Cc1ccc(CCN(C)CC(C)(C)O)c(C)c1C. The molecule has 0 heterocycles. The second kappa shape index (κ2) is 5.85. The molecule has 1 aromatic carbocycles. The minimum atomic E-state index is -0.618. The summed E-state index contributed by atoms with van der Waals surface area (Å²) in [5.74, 6) is 0. The maximum Gasteiger partial charge on any atom is 0.0718 e. The van der Waals surface area contributed by atoms with Gasteiger partial charge < -0.3 is 10.0 Å². The van der Waals surface area contributed by atoms with Crippen LogP contribution in [0.1, 0.15) is 36.1 Å². The van der Waals surface area contributed by atoms with Crippen molar-refractivity contribution in [3.63, 3.8) is 0 Å². The van der Waals surface area contributed by atoms with Crippen molar-refractivity contribution in [1.29, 1.82) is 0 Å². The lowest BCUT2D eigenvalue weighted by Gasteiger charge is -2.25. The normalized spacial score (nSPS) is 12.2. The van der Waals surface area contributed by atoms with Gasteiger partial charge in [0.05, 0.1) is 5.60 Å². The number of aryl methyl sites for hydroxylation is 1. The molecule has 1 rings (SSSR count). The van der Waals surface area contributed by atoms with E-state index in [4.69, 9.17) is 0 Å². The molecule has 0 atom stereocenters. The largest absolute Gasteiger partial charge is 0.389 e. The smallest absolute Gasteiger partial charge is 0.0718 e. The molecule has 0 unspecified atom stereocenters. The van der Waals surface area contributed by atoms with E-state index in [0.717, 1.165) is 13.0 Å². The molecular formula is C16H27NO. The third-order valence-corrected chi connectivity index (χ3v) is 3.59. The van der Waals surface area contributed by atoms with Crippen molar-refractivity contribution in [2.24, 2.45) is 0 Å². The van der Waals surface area contributed by atoms with E-state index in [1.165, 1.54) is 22.3 Å². The number of aliphatic hydroxyl groups is 1. The molecule has 0 aliphatic rings. The Morgan fingerprint density at radius 3 is 2.28 bits per heavy atom. The van der Waals surface area contributed by atoms with Crippen LogP contribution in [0.4, 0.5) is 0 Å². The maximum atomic E-state index is 9.78. The van der Waals surface area contributed by atoms with E-state index in [0.29, 0.717) is 6.54 Å². The Bertz CT molecular complexity index is 404. The summed E-state index contributed by atoms with van der Waals surface area (Å²) in [5, 5.41) is 9.78. The van der Waals surface area contributed by atoms with Crippen LogP contribution in [-0.2, 0) is 6.42 Å². The zero-order valence-corrected chi connectivity index (χ0v) is 12.7. The average Bonchev–Trinajstić information content (AvgIpc) is 2.22. The van der Waals surface area contributed by atoms with Crippen molar-refractivity contribution in [2.75, 3.05) is 20.1 Å². The lowest BCUT2D eigenvalue weighted by atomic mass is 9.97. The molecule has 0 radical (unpaired) electrons. The van der Waals surface area contributed by atoms with Crippen LogP contribution in [-0.4, -0.2) is 35.7 Å². The van der Waals surface area contributed by atoms with Crippen LogP contribution >= 0.6 is 0 Å². The van der Waals surface area contributed by atoms with E-state index in [1.807, 2.05) is 13.8 Å². The molecule has 18 heavy (non-hydrogen) atoms. The average molecular weight is 249 g/mol. The maximum absolute atomic E-state index is 9.78. The molecule has 0 aliphatic heterocycles. The van der Waals surface area contributed by atoms with Crippen molar-refractivity contribution in [3.8, 4) is 0 Å². The molecule has 0 saturated carbocycles. The summed E-state index contributed by atoms with van der Waals surface area (Å²) >= 11 is 0. The fourth-order valence-corrected chi connectivity index (χ4v) is 2.33. The van der Waals surface area contributed by atoms with Gasteiger partial charge in [-0.3, -0.25) is 0 Å². The topological polar surface area (TPSA) is 23.5 Å². The second-order valence-electron chi connectivity index (χ2n) is 6.09. The highest BCUT2D eigenvalue weighted by Gasteiger charge is 2.15. The van der Waals surface area contributed by atoms with Gasteiger partial charge in [0, 0.05) is 13.1 Å². The highest BCUT2D eigenvalue weighted by molar-refractivity contribution is 5.38.